The highest BCUT2D eigenvalue weighted by atomic mass is 79.9. The molecule has 3 nitrogen and oxygen atoms in total. The summed E-state index contributed by atoms with van der Waals surface area (Å²) in [7, 11) is 0. The summed E-state index contributed by atoms with van der Waals surface area (Å²) in [6.45, 7) is 0. The molecule has 4 heteroatoms. The molecule has 1 N–H and O–H groups in total. The fourth-order valence-electron chi connectivity index (χ4n) is 1.11. The fraction of sp³-hybridized carbons (Fsp3) is 0. The molecule has 0 aliphatic rings. The molecule has 13 heavy (non-hydrogen) atoms. The summed E-state index contributed by atoms with van der Waals surface area (Å²) >= 11 is 3.13. The number of phenols is 1. The van der Waals surface area contributed by atoms with Gasteiger partial charge in [-0.05, 0) is 28.1 Å². The third-order valence-electron chi connectivity index (χ3n) is 1.75. The van der Waals surface area contributed by atoms with Gasteiger partial charge in [-0.2, -0.15) is 0 Å². The molecule has 0 amide bonds. The maximum atomic E-state index is 11.3. The molecule has 0 atom stereocenters. The van der Waals surface area contributed by atoms with Gasteiger partial charge in [-0.3, -0.25) is 4.79 Å². The van der Waals surface area contributed by atoms with Gasteiger partial charge in [0.25, 0.3) is 0 Å². The number of rotatable bonds is 0. The smallest absolute Gasteiger partial charge is 0.192 e. The zero-order chi connectivity index (χ0) is 9.42. The number of hydrogen-bond donors (Lipinski definition) is 1. The number of phenolic OH excluding ortho intramolecular Hbond substituents is 1. The van der Waals surface area contributed by atoms with Crippen LogP contribution in [0.25, 0.3) is 11.0 Å². The van der Waals surface area contributed by atoms with Crippen LogP contribution in [0.5, 0.6) is 5.75 Å². The maximum Gasteiger partial charge on any atom is 0.192 e. The van der Waals surface area contributed by atoms with Gasteiger partial charge >= 0.3 is 0 Å². The van der Waals surface area contributed by atoms with E-state index in [2.05, 4.69) is 15.9 Å². The lowest BCUT2D eigenvalue weighted by Gasteiger charge is -1.99. The van der Waals surface area contributed by atoms with Crippen LogP contribution in [0.4, 0.5) is 0 Å². The summed E-state index contributed by atoms with van der Waals surface area (Å²) in [5.74, 6) is 0.0573. The largest absolute Gasteiger partial charge is 0.507 e. The number of halogens is 1. The van der Waals surface area contributed by atoms with Crippen molar-refractivity contribution in [2.75, 3.05) is 0 Å². The average Bonchev–Trinajstić information content (AvgIpc) is 2.12. The van der Waals surface area contributed by atoms with Crippen LogP contribution < -0.4 is 5.43 Å². The Morgan fingerprint density at radius 1 is 1.31 bits per heavy atom. The Balaban J connectivity index is 3.03. The van der Waals surface area contributed by atoms with Gasteiger partial charge < -0.3 is 9.52 Å². The Morgan fingerprint density at radius 2 is 2.08 bits per heavy atom. The van der Waals surface area contributed by atoms with Crippen molar-refractivity contribution in [3.63, 3.8) is 0 Å². The summed E-state index contributed by atoms with van der Waals surface area (Å²) in [6, 6.07) is 4.32. The zero-order valence-corrected chi connectivity index (χ0v) is 8.04. The van der Waals surface area contributed by atoms with E-state index in [-0.39, 0.29) is 11.2 Å². The van der Waals surface area contributed by atoms with Crippen molar-refractivity contribution >= 4 is 26.9 Å². The van der Waals surface area contributed by atoms with E-state index >= 15 is 0 Å². The monoisotopic (exact) mass is 240 g/mol. The Kier molecular flexibility index (Phi) is 1.84. The van der Waals surface area contributed by atoms with Crippen LogP contribution in [0.1, 0.15) is 0 Å². The van der Waals surface area contributed by atoms with Gasteiger partial charge in [0, 0.05) is 6.07 Å². The van der Waals surface area contributed by atoms with Gasteiger partial charge in [-0.25, -0.2) is 0 Å². The van der Waals surface area contributed by atoms with E-state index in [1.54, 1.807) is 0 Å². The van der Waals surface area contributed by atoms with Crippen molar-refractivity contribution in [1.29, 1.82) is 0 Å². The quantitative estimate of drug-likeness (QED) is 0.769. The molecule has 1 aromatic carbocycles. The van der Waals surface area contributed by atoms with Gasteiger partial charge in [0.15, 0.2) is 11.0 Å². The molecule has 0 saturated heterocycles. The summed E-state index contributed by atoms with van der Waals surface area (Å²) in [4.78, 5) is 11.3. The summed E-state index contributed by atoms with van der Waals surface area (Å²) in [5, 5.41) is 9.75. The molecule has 0 bridgehead atoms. The molecular formula is C9H5BrO3. The molecule has 0 spiro atoms. The second kappa shape index (κ2) is 2.88. The normalized spacial score (nSPS) is 10.5. The summed E-state index contributed by atoms with van der Waals surface area (Å²) in [6.07, 6.45) is 1.30. The van der Waals surface area contributed by atoms with Gasteiger partial charge in [-0.1, -0.05) is 0 Å². The lowest BCUT2D eigenvalue weighted by molar-refractivity contribution is 0.470. The lowest BCUT2D eigenvalue weighted by atomic mass is 10.2. The molecule has 0 unspecified atom stereocenters. The zero-order valence-electron chi connectivity index (χ0n) is 6.45. The average molecular weight is 241 g/mol. The first-order valence-electron chi connectivity index (χ1n) is 3.59. The van der Waals surface area contributed by atoms with Crippen LogP contribution >= 0.6 is 15.9 Å². The Bertz CT molecular complexity index is 516. The molecule has 0 saturated carbocycles. The van der Waals surface area contributed by atoms with E-state index in [9.17, 15) is 9.90 Å². The minimum absolute atomic E-state index is 0.0573. The van der Waals surface area contributed by atoms with E-state index < -0.39 is 0 Å². The second-order valence-corrected chi connectivity index (χ2v) is 3.35. The first-order chi connectivity index (χ1) is 6.20. The molecule has 2 aromatic rings. The molecule has 1 aromatic heterocycles. The first kappa shape index (κ1) is 8.31. The molecule has 0 aliphatic heterocycles. The van der Waals surface area contributed by atoms with Gasteiger partial charge in [0.1, 0.15) is 10.2 Å². The standard InChI is InChI=1S/C9H5BrO3/c10-8-7(12)2-1-5-6(11)3-4-13-9(5)8/h1-4,12H. The summed E-state index contributed by atoms with van der Waals surface area (Å²) < 4.78 is 5.50. The van der Waals surface area contributed by atoms with Crippen LogP contribution in [0.3, 0.4) is 0 Å². The van der Waals surface area contributed by atoms with E-state index in [1.807, 2.05) is 0 Å². The number of hydrogen-bond acceptors (Lipinski definition) is 3. The van der Waals surface area contributed by atoms with Crippen molar-refractivity contribution in [3.8, 4) is 5.75 Å². The predicted molar refractivity (Wildman–Crippen MR) is 51.8 cm³/mol. The highest BCUT2D eigenvalue weighted by molar-refractivity contribution is 9.10. The van der Waals surface area contributed by atoms with Crippen molar-refractivity contribution in [2.45, 2.75) is 0 Å². The van der Waals surface area contributed by atoms with E-state index in [0.29, 0.717) is 15.4 Å². The Morgan fingerprint density at radius 3 is 2.85 bits per heavy atom. The van der Waals surface area contributed by atoms with Gasteiger partial charge in [0.2, 0.25) is 0 Å². The SMILES string of the molecule is O=c1ccoc2c(Br)c(O)ccc12. The topological polar surface area (TPSA) is 50.4 Å². The maximum absolute atomic E-state index is 11.3. The molecule has 1 heterocycles. The Labute approximate surface area is 81.7 Å². The molecule has 0 radical (unpaired) electrons. The van der Waals surface area contributed by atoms with Crippen LogP contribution in [0.2, 0.25) is 0 Å². The summed E-state index contributed by atoms with van der Waals surface area (Å²) in [5.41, 5.74) is 0.245. The minimum atomic E-state index is -0.123. The van der Waals surface area contributed by atoms with Crippen molar-refractivity contribution in [2.24, 2.45) is 0 Å². The number of benzene rings is 1. The van der Waals surface area contributed by atoms with Crippen molar-refractivity contribution in [1.82, 2.24) is 0 Å². The first-order valence-corrected chi connectivity index (χ1v) is 4.38. The van der Waals surface area contributed by atoms with Crippen LogP contribution in [0.15, 0.2) is 38.1 Å². The van der Waals surface area contributed by atoms with Gasteiger partial charge in [0.05, 0.1) is 11.6 Å². The third kappa shape index (κ3) is 1.23. The van der Waals surface area contributed by atoms with Crippen LogP contribution in [-0.4, -0.2) is 5.11 Å². The second-order valence-electron chi connectivity index (χ2n) is 2.56. The van der Waals surface area contributed by atoms with Crippen LogP contribution in [-0.2, 0) is 0 Å². The van der Waals surface area contributed by atoms with Crippen molar-refractivity contribution in [3.05, 3.63) is 39.2 Å². The van der Waals surface area contributed by atoms with E-state index in [0.717, 1.165) is 0 Å². The number of aromatic hydroxyl groups is 1. The fourth-order valence-corrected chi connectivity index (χ4v) is 1.55. The molecule has 0 fully saturated rings. The Hall–Kier alpha value is -1.29. The van der Waals surface area contributed by atoms with Crippen LogP contribution in [0, 0.1) is 0 Å². The molecule has 66 valence electrons. The highest BCUT2D eigenvalue weighted by Crippen LogP contribution is 2.30. The van der Waals surface area contributed by atoms with E-state index in [1.165, 1.54) is 24.5 Å². The molecular weight excluding hydrogens is 236 g/mol. The highest BCUT2D eigenvalue weighted by Gasteiger charge is 2.07. The predicted octanol–water partition coefficient (Wildman–Crippen LogP) is 2.26. The van der Waals surface area contributed by atoms with E-state index in [4.69, 9.17) is 4.42 Å². The molecule has 2 rings (SSSR count). The third-order valence-corrected chi connectivity index (χ3v) is 2.51. The number of fused-ring (bicyclic) bond motifs is 1. The molecule has 0 aliphatic carbocycles. The minimum Gasteiger partial charge on any atom is -0.507 e. The van der Waals surface area contributed by atoms with Gasteiger partial charge in [-0.15, -0.1) is 0 Å². The lowest BCUT2D eigenvalue weighted by Crippen LogP contribution is -1.97. The van der Waals surface area contributed by atoms with Crippen molar-refractivity contribution < 1.29 is 9.52 Å².